The molecule has 5 nitrogen and oxygen atoms in total. The minimum Gasteiger partial charge on any atom is -0.508 e. The lowest BCUT2D eigenvalue weighted by Crippen LogP contribution is -2.41. The van der Waals surface area contributed by atoms with Crippen LogP contribution in [-0.4, -0.2) is 40.9 Å². The van der Waals surface area contributed by atoms with Gasteiger partial charge in [-0.1, -0.05) is 18.2 Å². The molecule has 0 amide bonds. The first-order chi connectivity index (χ1) is 10.2. The highest BCUT2D eigenvalue weighted by Crippen LogP contribution is 2.20. The third-order valence-electron chi connectivity index (χ3n) is 3.69. The first-order valence-corrected chi connectivity index (χ1v) is 7.17. The van der Waals surface area contributed by atoms with Crippen LogP contribution in [-0.2, 0) is 16.1 Å². The molecule has 1 aromatic carbocycles. The van der Waals surface area contributed by atoms with E-state index >= 15 is 0 Å². The van der Waals surface area contributed by atoms with Gasteiger partial charge in [-0.05, 0) is 37.0 Å². The van der Waals surface area contributed by atoms with E-state index in [9.17, 15) is 9.90 Å². The van der Waals surface area contributed by atoms with E-state index in [1.807, 2.05) is 12.2 Å². The molecule has 1 unspecified atom stereocenters. The number of likely N-dealkylation sites (tertiary alicyclic amines) is 1. The van der Waals surface area contributed by atoms with Crippen molar-refractivity contribution in [2.45, 2.75) is 32.1 Å². The number of carbonyl (C=O) groups is 1. The highest BCUT2D eigenvalue weighted by Gasteiger charge is 2.21. The number of piperidine rings is 1. The second kappa shape index (κ2) is 7.81. The van der Waals surface area contributed by atoms with Crippen molar-refractivity contribution in [2.24, 2.45) is 0 Å². The smallest absolute Gasteiger partial charge is 0.294 e. The molecule has 0 radical (unpaired) electrons. The number of hydrogen-bond donors (Lipinski definition) is 2. The van der Waals surface area contributed by atoms with Crippen molar-refractivity contribution in [3.8, 4) is 5.75 Å². The Bertz CT molecular complexity index is 501. The fourth-order valence-electron chi connectivity index (χ4n) is 2.55. The zero-order valence-electron chi connectivity index (χ0n) is 11.9. The van der Waals surface area contributed by atoms with Crippen LogP contribution < -0.4 is 0 Å². The molecule has 1 aliphatic rings. The number of rotatable bonds is 6. The highest BCUT2D eigenvalue weighted by molar-refractivity contribution is 5.53. The molecule has 2 N–H and O–H groups in total. The van der Waals surface area contributed by atoms with E-state index in [1.165, 1.54) is 0 Å². The number of aliphatic hydroxyl groups is 1. The summed E-state index contributed by atoms with van der Waals surface area (Å²) in [5.74, 6) is 0.102. The van der Waals surface area contributed by atoms with Gasteiger partial charge in [0, 0.05) is 18.7 Å². The van der Waals surface area contributed by atoms with Crippen molar-refractivity contribution in [3.63, 3.8) is 0 Å². The summed E-state index contributed by atoms with van der Waals surface area (Å²) in [4.78, 5) is 12.6. The van der Waals surface area contributed by atoms with Crippen molar-refractivity contribution in [3.05, 3.63) is 35.4 Å². The number of aliphatic hydroxyl groups excluding tert-OH is 1. The van der Waals surface area contributed by atoms with Crippen LogP contribution in [0.25, 0.3) is 6.08 Å². The molecule has 1 saturated heterocycles. The fourth-order valence-corrected chi connectivity index (χ4v) is 2.55. The van der Waals surface area contributed by atoms with Crippen LogP contribution in [0.15, 0.2) is 24.3 Å². The molecule has 1 aromatic rings. The summed E-state index contributed by atoms with van der Waals surface area (Å²) in [6.45, 7) is 1.95. The van der Waals surface area contributed by atoms with Crippen LogP contribution in [0.1, 0.15) is 30.4 Å². The number of benzene rings is 1. The molecule has 114 valence electrons. The number of aromatic hydroxyl groups is 1. The number of nitrogens with zero attached hydrogens (tertiary/aromatic N) is 1. The molecule has 0 saturated carbocycles. The minimum atomic E-state index is -0.186. The Morgan fingerprint density at radius 3 is 3.00 bits per heavy atom. The van der Waals surface area contributed by atoms with Gasteiger partial charge in [-0.3, -0.25) is 9.69 Å². The van der Waals surface area contributed by atoms with Crippen LogP contribution in [0.3, 0.4) is 0 Å². The van der Waals surface area contributed by atoms with Crippen LogP contribution in [0.4, 0.5) is 0 Å². The highest BCUT2D eigenvalue weighted by atomic mass is 16.5. The third-order valence-corrected chi connectivity index (χ3v) is 3.69. The molecule has 1 atom stereocenters. The van der Waals surface area contributed by atoms with E-state index in [0.29, 0.717) is 18.6 Å². The number of ether oxygens (including phenoxy) is 1. The Morgan fingerprint density at radius 1 is 1.38 bits per heavy atom. The maximum atomic E-state index is 10.5. The lowest BCUT2D eigenvalue weighted by Gasteiger charge is -2.32. The molecule has 2 rings (SSSR count). The standard InChI is InChI=1S/C16H21NO4/c18-11-14-10-13(6-7-15(14)20)4-3-9-17-8-2-1-5-16(17)21-12-19/h3-4,6-7,10,12,16,18,20H,1-2,5,8-9,11H2/b4-3+. The summed E-state index contributed by atoms with van der Waals surface area (Å²) in [6.07, 6.45) is 6.87. The molecule has 21 heavy (non-hydrogen) atoms. The number of phenols is 1. The van der Waals surface area contributed by atoms with E-state index < -0.39 is 0 Å². The van der Waals surface area contributed by atoms with E-state index in [4.69, 9.17) is 9.84 Å². The predicted octanol–water partition coefficient (Wildman–Crippen LogP) is 1.88. The first kappa shape index (κ1) is 15.5. The van der Waals surface area contributed by atoms with Gasteiger partial charge < -0.3 is 14.9 Å². The summed E-state index contributed by atoms with van der Waals surface area (Å²) in [7, 11) is 0. The van der Waals surface area contributed by atoms with Crippen LogP contribution in [0.2, 0.25) is 0 Å². The summed E-state index contributed by atoms with van der Waals surface area (Å²) >= 11 is 0. The normalized spacial score (nSPS) is 19.8. The average Bonchev–Trinajstić information content (AvgIpc) is 2.51. The lowest BCUT2D eigenvalue weighted by molar-refractivity contribution is -0.145. The lowest BCUT2D eigenvalue weighted by atomic mass is 10.1. The van der Waals surface area contributed by atoms with Crippen molar-refractivity contribution < 1.29 is 19.7 Å². The monoisotopic (exact) mass is 291 g/mol. The van der Waals surface area contributed by atoms with Gasteiger partial charge in [0.15, 0.2) is 6.23 Å². The zero-order valence-corrected chi connectivity index (χ0v) is 11.9. The quantitative estimate of drug-likeness (QED) is 0.783. The first-order valence-electron chi connectivity index (χ1n) is 7.17. The van der Waals surface area contributed by atoms with Crippen molar-refractivity contribution >= 4 is 12.5 Å². The summed E-state index contributed by atoms with van der Waals surface area (Å²) < 4.78 is 5.10. The van der Waals surface area contributed by atoms with Gasteiger partial charge >= 0.3 is 0 Å². The van der Waals surface area contributed by atoms with Gasteiger partial charge in [0.1, 0.15) is 5.75 Å². The largest absolute Gasteiger partial charge is 0.508 e. The van der Waals surface area contributed by atoms with E-state index in [-0.39, 0.29) is 18.6 Å². The van der Waals surface area contributed by atoms with Crippen molar-refractivity contribution in [2.75, 3.05) is 13.1 Å². The Morgan fingerprint density at radius 2 is 2.24 bits per heavy atom. The van der Waals surface area contributed by atoms with Gasteiger partial charge in [-0.15, -0.1) is 0 Å². The predicted molar refractivity (Wildman–Crippen MR) is 79.4 cm³/mol. The molecule has 0 bridgehead atoms. The molecular weight excluding hydrogens is 270 g/mol. The minimum absolute atomic E-state index is 0.102. The van der Waals surface area contributed by atoms with Crippen molar-refractivity contribution in [1.82, 2.24) is 4.90 Å². The third kappa shape index (κ3) is 4.31. The maximum Gasteiger partial charge on any atom is 0.294 e. The van der Waals surface area contributed by atoms with Crippen LogP contribution in [0.5, 0.6) is 5.75 Å². The topological polar surface area (TPSA) is 70.0 Å². The van der Waals surface area contributed by atoms with E-state index in [2.05, 4.69) is 4.90 Å². The zero-order chi connectivity index (χ0) is 15.1. The Labute approximate surface area is 124 Å². The van der Waals surface area contributed by atoms with Crippen LogP contribution >= 0.6 is 0 Å². The second-order valence-electron chi connectivity index (χ2n) is 5.13. The SMILES string of the molecule is O=COC1CCCCN1C/C=C/c1ccc(O)c(CO)c1. The molecule has 0 aliphatic carbocycles. The van der Waals surface area contributed by atoms with Crippen LogP contribution in [0, 0.1) is 0 Å². The second-order valence-corrected chi connectivity index (χ2v) is 5.13. The van der Waals surface area contributed by atoms with Gasteiger partial charge in [0.05, 0.1) is 6.61 Å². The molecule has 5 heteroatoms. The Balaban J connectivity index is 1.96. The number of carbonyl (C=O) groups excluding carboxylic acids is 1. The fraction of sp³-hybridized carbons (Fsp3) is 0.438. The Kier molecular flexibility index (Phi) is 5.78. The van der Waals surface area contributed by atoms with E-state index in [0.717, 1.165) is 31.4 Å². The Hall–Kier alpha value is -1.85. The number of hydrogen-bond acceptors (Lipinski definition) is 5. The van der Waals surface area contributed by atoms with Crippen molar-refractivity contribution in [1.29, 1.82) is 0 Å². The molecule has 1 heterocycles. The van der Waals surface area contributed by atoms with Gasteiger partial charge in [0.25, 0.3) is 6.47 Å². The molecule has 1 aliphatic heterocycles. The molecule has 0 spiro atoms. The maximum absolute atomic E-state index is 10.5. The van der Waals surface area contributed by atoms with Gasteiger partial charge in [-0.2, -0.15) is 0 Å². The van der Waals surface area contributed by atoms with Gasteiger partial charge in [0.2, 0.25) is 0 Å². The molecular formula is C16H21NO4. The molecule has 1 fully saturated rings. The summed E-state index contributed by atoms with van der Waals surface area (Å²) in [5, 5.41) is 18.6. The average molecular weight is 291 g/mol. The van der Waals surface area contributed by atoms with Gasteiger partial charge in [-0.25, -0.2) is 0 Å². The van der Waals surface area contributed by atoms with E-state index in [1.54, 1.807) is 18.2 Å². The summed E-state index contributed by atoms with van der Waals surface area (Å²) in [5.41, 5.74) is 1.43. The summed E-state index contributed by atoms with van der Waals surface area (Å²) in [6, 6.07) is 5.12. The molecule has 0 aromatic heterocycles.